The zero-order valence-electron chi connectivity index (χ0n) is 16.2. The molecule has 26 heavy (non-hydrogen) atoms. The highest BCUT2D eigenvalue weighted by Gasteiger charge is 2.21. The van der Waals surface area contributed by atoms with Crippen molar-refractivity contribution >= 4 is 29.9 Å². The van der Waals surface area contributed by atoms with E-state index < -0.39 is 0 Å². The van der Waals surface area contributed by atoms with Crippen molar-refractivity contribution in [3.05, 3.63) is 35.9 Å². The molecular weight excluding hydrogens is 437 g/mol. The maximum absolute atomic E-state index is 4.52. The topological polar surface area (TPSA) is 34.1 Å². The predicted molar refractivity (Wildman–Crippen MR) is 120 cm³/mol. The van der Waals surface area contributed by atoms with Crippen molar-refractivity contribution < 1.29 is 0 Å². The highest BCUT2D eigenvalue weighted by atomic mass is 127. The predicted octanol–water partition coefficient (Wildman–Crippen LogP) is 2.34. The van der Waals surface area contributed by atoms with Crippen molar-refractivity contribution in [2.24, 2.45) is 10.9 Å². The van der Waals surface area contributed by atoms with E-state index in [9.17, 15) is 0 Å². The van der Waals surface area contributed by atoms with Gasteiger partial charge in [0, 0.05) is 52.9 Å². The first-order valence-electron chi connectivity index (χ1n) is 9.65. The van der Waals surface area contributed by atoms with Crippen molar-refractivity contribution in [3.63, 3.8) is 0 Å². The first kappa shape index (κ1) is 21.4. The minimum absolute atomic E-state index is 0. The van der Waals surface area contributed by atoms with E-state index >= 15 is 0 Å². The Bertz CT molecular complexity index is 542. The Kier molecular flexibility index (Phi) is 9.15. The molecule has 0 aliphatic carbocycles. The molecule has 2 saturated heterocycles. The van der Waals surface area contributed by atoms with Crippen LogP contribution in [0.25, 0.3) is 0 Å². The van der Waals surface area contributed by atoms with Crippen LogP contribution in [0.1, 0.15) is 18.4 Å². The van der Waals surface area contributed by atoms with Crippen LogP contribution in [0.3, 0.4) is 0 Å². The van der Waals surface area contributed by atoms with E-state index in [1.165, 1.54) is 31.5 Å². The average molecular weight is 471 g/mol. The van der Waals surface area contributed by atoms with E-state index in [-0.39, 0.29) is 24.0 Å². The van der Waals surface area contributed by atoms with Crippen LogP contribution in [-0.2, 0) is 6.54 Å². The Hall–Kier alpha value is -0.860. The number of likely N-dealkylation sites (tertiary alicyclic amines) is 1. The molecule has 1 atom stereocenters. The fourth-order valence-electron chi connectivity index (χ4n) is 3.97. The van der Waals surface area contributed by atoms with Crippen LogP contribution >= 0.6 is 24.0 Å². The molecule has 5 nitrogen and oxygen atoms in total. The van der Waals surface area contributed by atoms with Crippen LogP contribution in [0.5, 0.6) is 0 Å². The van der Waals surface area contributed by atoms with Crippen LogP contribution < -0.4 is 5.32 Å². The molecule has 0 spiro atoms. The lowest BCUT2D eigenvalue weighted by Gasteiger charge is -2.37. The van der Waals surface area contributed by atoms with Crippen LogP contribution in [0, 0.1) is 5.92 Å². The van der Waals surface area contributed by atoms with E-state index in [1.807, 2.05) is 7.05 Å². The van der Waals surface area contributed by atoms with Gasteiger partial charge in [-0.3, -0.25) is 9.89 Å². The molecule has 0 saturated carbocycles. The molecule has 0 aromatic heterocycles. The van der Waals surface area contributed by atoms with Gasteiger partial charge in [-0.25, -0.2) is 0 Å². The highest BCUT2D eigenvalue weighted by molar-refractivity contribution is 14.0. The van der Waals surface area contributed by atoms with Gasteiger partial charge >= 0.3 is 0 Å². The van der Waals surface area contributed by atoms with E-state index in [0.29, 0.717) is 0 Å². The normalized spacial score (nSPS) is 22.8. The summed E-state index contributed by atoms with van der Waals surface area (Å²) in [5, 5.41) is 3.62. The molecular formula is C20H34IN5. The number of rotatable bonds is 4. The number of hydrogen-bond donors (Lipinski definition) is 1. The van der Waals surface area contributed by atoms with Crippen molar-refractivity contribution in [2.75, 3.05) is 59.9 Å². The van der Waals surface area contributed by atoms with Gasteiger partial charge in [0.2, 0.25) is 0 Å². The standard InChI is InChI=1S/C20H33N5.HI/c1-21-20(22-15-19-9-6-10-23(2)16-19)25-13-11-24(12-14-25)17-18-7-4-3-5-8-18;/h3-5,7-8,19H,6,9-17H2,1-2H3,(H,21,22);1H. The third kappa shape index (κ3) is 6.39. The first-order valence-corrected chi connectivity index (χ1v) is 9.65. The van der Waals surface area contributed by atoms with Gasteiger partial charge < -0.3 is 15.1 Å². The largest absolute Gasteiger partial charge is 0.356 e. The van der Waals surface area contributed by atoms with Gasteiger partial charge in [0.25, 0.3) is 0 Å². The van der Waals surface area contributed by atoms with E-state index in [4.69, 9.17) is 0 Å². The van der Waals surface area contributed by atoms with Crippen molar-refractivity contribution in [1.82, 2.24) is 20.0 Å². The van der Waals surface area contributed by atoms with Gasteiger partial charge in [-0.1, -0.05) is 30.3 Å². The number of benzene rings is 1. The number of piperidine rings is 1. The maximum atomic E-state index is 4.52. The molecule has 1 N–H and O–H groups in total. The number of hydrogen-bond acceptors (Lipinski definition) is 3. The van der Waals surface area contributed by atoms with Gasteiger partial charge in [-0.2, -0.15) is 0 Å². The summed E-state index contributed by atoms with van der Waals surface area (Å²) >= 11 is 0. The summed E-state index contributed by atoms with van der Waals surface area (Å²) in [6, 6.07) is 10.8. The Labute approximate surface area is 175 Å². The van der Waals surface area contributed by atoms with Gasteiger partial charge in [0.15, 0.2) is 5.96 Å². The third-order valence-electron chi connectivity index (χ3n) is 5.40. The van der Waals surface area contributed by atoms with Gasteiger partial charge in [-0.05, 0) is 37.9 Å². The number of piperazine rings is 1. The highest BCUT2D eigenvalue weighted by Crippen LogP contribution is 2.14. The lowest BCUT2D eigenvalue weighted by atomic mass is 9.98. The summed E-state index contributed by atoms with van der Waals surface area (Å²) in [5.74, 6) is 1.82. The second-order valence-electron chi connectivity index (χ2n) is 7.45. The third-order valence-corrected chi connectivity index (χ3v) is 5.40. The molecule has 1 unspecified atom stereocenters. The number of halogens is 1. The molecule has 1 aromatic rings. The second-order valence-corrected chi connectivity index (χ2v) is 7.45. The second kappa shape index (κ2) is 11.1. The van der Waals surface area contributed by atoms with Crippen molar-refractivity contribution in [3.8, 4) is 0 Å². The van der Waals surface area contributed by atoms with Crippen LogP contribution in [-0.4, -0.2) is 80.6 Å². The monoisotopic (exact) mass is 471 g/mol. The minimum atomic E-state index is 0. The fourth-order valence-corrected chi connectivity index (χ4v) is 3.97. The SMILES string of the molecule is CN=C(NCC1CCCN(C)C1)N1CCN(Cc2ccccc2)CC1.I. The molecule has 2 aliphatic rings. The molecule has 0 amide bonds. The van der Waals surface area contributed by atoms with E-state index in [0.717, 1.165) is 51.1 Å². The average Bonchev–Trinajstić information content (AvgIpc) is 2.64. The summed E-state index contributed by atoms with van der Waals surface area (Å²) in [7, 11) is 4.14. The number of nitrogens with one attached hydrogen (secondary N) is 1. The smallest absolute Gasteiger partial charge is 0.193 e. The summed E-state index contributed by atoms with van der Waals surface area (Å²) in [6.45, 7) is 8.84. The molecule has 1 aromatic carbocycles. The van der Waals surface area contributed by atoms with Gasteiger partial charge in [0.1, 0.15) is 0 Å². The minimum Gasteiger partial charge on any atom is -0.356 e. The number of aliphatic imine (C=N–C) groups is 1. The fraction of sp³-hybridized carbons (Fsp3) is 0.650. The summed E-state index contributed by atoms with van der Waals surface area (Å²) in [4.78, 5) is 11.9. The first-order chi connectivity index (χ1) is 12.2. The Morgan fingerprint density at radius 1 is 1.12 bits per heavy atom. The van der Waals surface area contributed by atoms with Crippen LogP contribution in [0.2, 0.25) is 0 Å². The summed E-state index contributed by atoms with van der Waals surface area (Å²) < 4.78 is 0. The van der Waals surface area contributed by atoms with Crippen molar-refractivity contribution in [2.45, 2.75) is 19.4 Å². The number of guanidine groups is 1. The quantitative estimate of drug-likeness (QED) is 0.416. The molecule has 0 radical (unpaired) electrons. The van der Waals surface area contributed by atoms with E-state index in [2.05, 4.69) is 62.4 Å². The van der Waals surface area contributed by atoms with E-state index in [1.54, 1.807) is 0 Å². The molecule has 3 rings (SSSR count). The Morgan fingerprint density at radius 3 is 2.50 bits per heavy atom. The molecule has 2 heterocycles. The van der Waals surface area contributed by atoms with Crippen LogP contribution in [0.15, 0.2) is 35.3 Å². The molecule has 2 aliphatic heterocycles. The molecule has 2 fully saturated rings. The molecule has 6 heteroatoms. The molecule has 0 bridgehead atoms. The van der Waals surface area contributed by atoms with Gasteiger partial charge in [-0.15, -0.1) is 24.0 Å². The Morgan fingerprint density at radius 2 is 1.85 bits per heavy atom. The summed E-state index contributed by atoms with van der Waals surface area (Å²) in [6.07, 6.45) is 2.65. The van der Waals surface area contributed by atoms with Crippen LogP contribution in [0.4, 0.5) is 0 Å². The zero-order chi connectivity index (χ0) is 17.5. The maximum Gasteiger partial charge on any atom is 0.193 e. The lowest BCUT2D eigenvalue weighted by molar-refractivity contribution is 0.170. The zero-order valence-corrected chi connectivity index (χ0v) is 18.6. The summed E-state index contributed by atoms with van der Waals surface area (Å²) in [5.41, 5.74) is 1.40. The van der Waals surface area contributed by atoms with Gasteiger partial charge in [0.05, 0.1) is 0 Å². The molecule has 146 valence electrons. The van der Waals surface area contributed by atoms with Crippen molar-refractivity contribution in [1.29, 1.82) is 0 Å². The lowest BCUT2D eigenvalue weighted by Crippen LogP contribution is -2.53. The number of nitrogens with zero attached hydrogens (tertiary/aromatic N) is 4. The Balaban J connectivity index is 0.00000243.